The van der Waals surface area contributed by atoms with Gasteiger partial charge < -0.3 is 15.5 Å². The van der Waals surface area contributed by atoms with Gasteiger partial charge in [0.25, 0.3) is 0 Å². The normalized spacial score (nSPS) is 42.5. The molecule has 4 heteroatoms. The molecule has 3 saturated heterocycles. The molecule has 19 heavy (non-hydrogen) atoms. The molecular weight excluding hydrogens is 236 g/mol. The van der Waals surface area contributed by atoms with Gasteiger partial charge in [-0.05, 0) is 46.2 Å². The first-order valence-corrected chi connectivity index (χ1v) is 8.04. The Morgan fingerprint density at radius 1 is 1.21 bits per heavy atom. The van der Waals surface area contributed by atoms with E-state index in [1.54, 1.807) is 0 Å². The van der Waals surface area contributed by atoms with Crippen LogP contribution in [0.1, 0.15) is 32.6 Å². The van der Waals surface area contributed by atoms with Gasteiger partial charge in [-0.3, -0.25) is 4.90 Å². The van der Waals surface area contributed by atoms with E-state index in [-0.39, 0.29) is 5.54 Å². The predicted molar refractivity (Wildman–Crippen MR) is 79.3 cm³/mol. The third-order valence-electron chi connectivity index (χ3n) is 5.80. The van der Waals surface area contributed by atoms with Crippen LogP contribution in [0.2, 0.25) is 0 Å². The van der Waals surface area contributed by atoms with Crippen molar-refractivity contribution in [2.24, 2.45) is 5.73 Å². The molecule has 0 aromatic rings. The Labute approximate surface area is 117 Å². The van der Waals surface area contributed by atoms with Gasteiger partial charge in [0.1, 0.15) is 0 Å². The Balaban J connectivity index is 1.75. The molecular formula is C15H30N4. The maximum Gasteiger partial charge on any atom is 0.0362 e. The Morgan fingerprint density at radius 2 is 2.05 bits per heavy atom. The number of fused-ring (bicyclic) bond motifs is 1. The number of nitrogens with zero attached hydrogens (tertiary/aromatic N) is 3. The summed E-state index contributed by atoms with van der Waals surface area (Å²) in [6.07, 6.45) is 5.36. The van der Waals surface area contributed by atoms with Gasteiger partial charge in [0.2, 0.25) is 0 Å². The lowest BCUT2D eigenvalue weighted by atomic mass is 9.80. The van der Waals surface area contributed by atoms with E-state index in [1.165, 1.54) is 58.4 Å². The number of piperidine rings is 1. The zero-order valence-corrected chi connectivity index (χ0v) is 12.6. The Morgan fingerprint density at radius 3 is 2.79 bits per heavy atom. The predicted octanol–water partition coefficient (Wildman–Crippen LogP) is 0.578. The molecule has 0 saturated carbocycles. The number of hydrogen-bond donors (Lipinski definition) is 1. The van der Waals surface area contributed by atoms with Gasteiger partial charge in [0.15, 0.2) is 0 Å². The fraction of sp³-hybridized carbons (Fsp3) is 1.00. The molecule has 0 aromatic carbocycles. The van der Waals surface area contributed by atoms with Gasteiger partial charge in [-0.1, -0.05) is 0 Å². The monoisotopic (exact) mass is 266 g/mol. The van der Waals surface area contributed by atoms with E-state index in [9.17, 15) is 0 Å². The maximum atomic E-state index is 6.27. The van der Waals surface area contributed by atoms with Gasteiger partial charge in [-0.25, -0.2) is 0 Å². The van der Waals surface area contributed by atoms with Crippen LogP contribution in [0.3, 0.4) is 0 Å². The van der Waals surface area contributed by atoms with Crippen LogP contribution in [0.15, 0.2) is 0 Å². The van der Waals surface area contributed by atoms with E-state index in [1.807, 2.05) is 0 Å². The summed E-state index contributed by atoms with van der Waals surface area (Å²) in [6.45, 7) is 9.39. The van der Waals surface area contributed by atoms with E-state index >= 15 is 0 Å². The minimum atomic E-state index is 0.284. The molecule has 0 bridgehead atoms. The van der Waals surface area contributed by atoms with E-state index in [0.717, 1.165) is 12.6 Å². The SMILES string of the molecule is CC1CN(C)CCN1C1(CN)CCN2CCCC2C1. The lowest BCUT2D eigenvalue weighted by Gasteiger charge is -2.54. The number of piperazine rings is 1. The van der Waals surface area contributed by atoms with Crippen LogP contribution < -0.4 is 5.73 Å². The molecule has 0 amide bonds. The summed E-state index contributed by atoms with van der Waals surface area (Å²) in [5.74, 6) is 0. The van der Waals surface area contributed by atoms with Crippen molar-refractivity contribution in [1.29, 1.82) is 0 Å². The minimum Gasteiger partial charge on any atom is -0.329 e. The second kappa shape index (κ2) is 5.32. The number of likely N-dealkylation sites (N-methyl/N-ethyl adjacent to an activating group) is 1. The highest BCUT2D eigenvalue weighted by Crippen LogP contribution is 2.37. The quantitative estimate of drug-likeness (QED) is 0.793. The summed E-state index contributed by atoms with van der Waals surface area (Å²) in [4.78, 5) is 7.91. The lowest BCUT2D eigenvalue weighted by molar-refractivity contribution is -0.0417. The highest BCUT2D eigenvalue weighted by Gasteiger charge is 2.46. The summed E-state index contributed by atoms with van der Waals surface area (Å²) in [6, 6.07) is 1.46. The smallest absolute Gasteiger partial charge is 0.0362 e. The van der Waals surface area contributed by atoms with Crippen LogP contribution in [0.4, 0.5) is 0 Å². The molecule has 3 rings (SSSR count). The fourth-order valence-electron chi connectivity index (χ4n) is 4.72. The first-order valence-electron chi connectivity index (χ1n) is 8.04. The Bertz CT molecular complexity index is 321. The third-order valence-corrected chi connectivity index (χ3v) is 5.80. The van der Waals surface area contributed by atoms with Gasteiger partial charge in [0, 0.05) is 50.3 Å². The molecule has 3 atom stereocenters. The Hall–Kier alpha value is -0.160. The fourth-order valence-corrected chi connectivity index (χ4v) is 4.72. The standard InChI is InChI=1S/C15H30N4/c1-13-11-17(2)8-9-19(13)15(12-16)5-7-18-6-3-4-14(18)10-15/h13-14H,3-12,16H2,1-2H3. The molecule has 0 radical (unpaired) electrons. The van der Waals surface area contributed by atoms with Gasteiger partial charge in [-0.15, -0.1) is 0 Å². The highest BCUT2D eigenvalue weighted by molar-refractivity contribution is 5.04. The van der Waals surface area contributed by atoms with E-state index < -0.39 is 0 Å². The van der Waals surface area contributed by atoms with Crippen LogP contribution >= 0.6 is 0 Å². The van der Waals surface area contributed by atoms with Crippen molar-refractivity contribution in [2.75, 3.05) is 46.3 Å². The molecule has 4 nitrogen and oxygen atoms in total. The second-order valence-corrected chi connectivity index (χ2v) is 7.02. The average Bonchev–Trinajstić information content (AvgIpc) is 2.85. The van der Waals surface area contributed by atoms with E-state index in [2.05, 4.69) is 28.7 Å². The van der Waals surface area contributed by atoms with Crippen LogP contribution in [-0.4, -0.2) is 78.6 Å². The van der Waals surface area contributed by atoms with E-state index in [4.69, 9.17) is 5.73 Å². The van der Waals surface area contributed by atoms with E-state index in [0.29, 0.717) is 6.04 Å². The molecule has 0 aromatic heterocycles. The van der Waals surface area contributed by atoms with Crippen LogP contribution in [0.5, 0.6) is 0 Å². The topological polar surface area (TPSA) is 35.7 Å². The van der Waals surface area contributed by atoms with Crippen molar-refractivity contribution in [2.45, 2.75) is 50.2 Å². The summed E-state index contributed by atoms with van der Waals surface area (Å²) in [5, 5.41) is 0. The molecule has 3 aliphatic heterocycles. The summed E-state index contributed by atoms with van der Waals surface area (Å²) < 4.78 is 0. The molecule has 3 heterocycles. The molecule has 0 spiro atoms. The van der Waals surface area contributed by atoms with Crippen molar-refractivity contribution in [3.05, 3.63) is 0 Å². The van der Waals surface area contributed by atoms with Gasteiger partial charge >= 0.3 is 0 Å². The summed E-state index contributed by atoms with van der Waals surface area (Å²) in [5.41, 5.74) is 6.56. The summed E-state index contributed by atoms with van der Waals surface area (Å²) >= 11 is 0. The van der Waals surface area contributed by atoms with Gasteiger partial charge in [-0.2, -0.15) is 0 Å². The number of hydrogen-bond acceptors (Lipinski definition) is 4. The van der Waals surface area contributed by atoms with Crippen LogP contribution in [0, 0.1) is 0 Å². The molecule has 110 valence electrons. The van der Waals surface area contributed by atoms with Crippen molar-refractivity contribution >= 4 is 0 Å². The molecule has 3 aliphatic rings. The zero-order valence-electron chi connectivity index (χ0n) is 12.6. The molecule has 3 unspecified atom stereocenters. The van der Waals surface area contributed by atoms with Crippen LogP contribution in [-0.2, 0) is 0 Å². The van der Waals surface area contributed by atoms with Crippen molar-refractivity contribution in [3.63, 3.8) is 0 Å². The number of nitrogens with two attached hydrogens (primary N) is 1. The van der Waals surface area contributed by atoms with Crippen molar-refractivity contribution < 1.29 is 0 Å². The first kappa shape index (κ1) is 13.8. The zero-order chi connectivity index (χ0) is 13.5. The highest BCUT2D eigenvalue weighted by atomic mass is 15.3. The van der Waals surface area contributed by atoms with Crippen molar-refractivity contribution in [1.82, 2.24) is 14.7 Å². The average molecular weight is 266 g/mol. The molecule has 3 fully saturated rings. The number of rotatable bonds is 2. The van der Waals surface area contributed by atoms with Crippen LogP contribution in [0.25, 0.3) is 0 Å². The molecule has 0 aliphatic carbocycles. The summed E-state index contributed by atoms with van der Waals surface area (Å²) in [7, 11) is 2.24. The maximum absolute atomic E-state index is 6.27. The third kappa shape index (κ3) is 2.44. The Kier molecular flexibility index (Phi) is 3.87. The van der Waals surface area contributed by atoms with Crippen molar-refractivity contribution in [3.8, 4) is 0 Å². The largest absolute Gasteiger partial charge is 0.329 e. The molecule has 2 N–H and O–H groups in total. The second-order valence-electron chi connectivity index (χ2n) is 7.02. The van der Waals surface area contributed by atoms with Gasteiger partial charge in [0.05, 0.1) is 0 Å². The lowest BCUT2D eigenvalue weighted by Crippen LogP contribution is -2.67. The minimum absolute atomic E-state index is 0.284. The first-order chi connectivity index (χ1) is 9.14.